The van der Waals surface area contributed by atoms with Gasteiger partial charge in [0.05, 0.1) is 24.3 Å². The molecule has 0 saturated carbocycles. The van der Waals surface area contributed by atoms with E-state index in [1.807, 2.05) is 12.1 Å². The summed E-state index contributed by atoms with van der Waals surface area (Å²) >= 11 is 0. The van der Waals surface area contributed by atoms with Gasteiger partial charge in [-0.1, -0.05) is 11.2 Å². The fourth-order valence-corrected chi connectivity index (χ4v) is 5.05. The van der Waals surface area contributed by atoms with E-state index in [2.05, 4.69) is 20.4 Å². The Labute approximate surface area is 202 Å². The monoisotopic (exact) mass is 482 g/mol. The number of nitrogens with one attached hydrogen (secondary N) is 1. The summed E-state index contributed by atoms with van der Waals surface area (Å²) in [7, 11) is 0. The normalized spacial score (nSPS) is 20.2. The Kier molecular flexibility index (Phi) is 6.62. The summed E-state index contributed by atoms with van der Waals surface area (Å²) in [5.74, 6) is -1.79. The van der Waals surface area contributed by atoms with Crippen LogP contribution in [0, 0.1) is 11.6 Å². The van der Waals surface area contributed by atoms with Gasteiger partial charge in [0.15, 0.2) is 11.6 Å². The first-order chi connectivity index (χ1) is 17.0. The molecule has 1 amide bonds. The van der Waals surface area contributed by atoms with Gasteiger partial charge in [0.25, 0.3) is 0 Å². The summed E-state index contributed by atoms with van der Waals surface area (Å²) in [5.41, 5.74) is 4.43. The lowest BCUT2D eigenvalue weighted by Gasteiger charge is -2.41. The Hall–Kier alpha value is -3.17. The number of ether oxygens (including phenoxy) is 1. The lowest BCUT2D eigenvalue weighted by molar-refractivity contribution is -0.121. The number of oxime groups is 1. The minimum atomic E-state index is -0.950. The fourth-order valence-electron chi connectivity index (χ4n) is 5.05. The maximum absolute atomic E-state index is 13.8. The zero-order valence-corrected chi connectivity index (χ0v) is 19.7. The Balaban J connectivity index is 1.25. The van der Waals surface area contributed by atoms with Crippen LogP contribution in [0.2, 0.25) is 0 Å². The number of fused-ring (bicyclic) bond motifs is 1. The average molecular weight is 483 g/mol. The number of hydrogen-bond acceptors (Lipinski definition) is 6. The van der Waals surface area contributed by atoms with Crippen molar-refractivity contribution < 1.29 is 23.1 Å². The summed E-state index contributed by atoms with van der Waals surface area (Å²) in [6, 6.07) is 7.39. The fraction of sp³-hybridized carbons (Fsp3) is 0.423. The topological polar surface area (TPSA) is 76.1 Å². The molecule has 7 nitrogen and oxygen atoms in total. The van der Waals surface area contributed by atoms with Crippen molar-refractivity contribution in [1.29, 1.82) is 0 Å². The summed E-state index contributed by atoms with van der Waals surface area (Å²) in [4.78, 5) is 24.0. The molecular formula is C26H28F2N4O3. The van der Waals surface area contributed by atoms with Crippen LogP contribution in [-0.2, 0) is 20.9 Å². The third kappa shape index (κ3) is 4.83. The number of aromatic nitrogens is 1. The summed E-state index contributed by atoms with van der Waals surface area (Å²) in [6.07, 6.45) is 3.96. The van der Waals surface area contributed by atoms with Crippen LogP contribution in [0.3, 0.4) is 0 Å². The van der Waals surface area contributed by atoms with Crippen molar-refractivity contribution in [2.24, 2.45) is 5.16 Å². The maximum Gasteiger partial charge on any atom is 0.224 e. The first kappa shape index (κ1) is 23.6. The molecule has 0 aliphatic carbocycles. The molecule has 35 heavy (non-hydrogen) atoms. The maximum atomic E-state index is 13.8. The average Bonchev–Trinajstić information content (AvgIpc) is 3.21. The van der Waals surface area contributed by atoms with E-state index in [9.17, 15) is 13.6 Å². The zero-order valence-electron chi connectivity index (χ0n) is 19.7. The molecule has 0 radical (unpaired) electrons. The molecule has 1 spiro atoms. The first-order valence-electron chi connectivity index (χ1n) is 11.9. The molecule has 184 valence electrons. The Morgan fingerprint density at radius 1 is 1.23 bits per heavy atom. The Bertz CT molecular complexity index is 1170. The summed E-state index contributed by atoms with van der Waals surface area (Å²) in [5, 5.41) is 7.00. The highest BCUT2D eigenvalue weighted by Crippen LogP contribution is 2.43. The van der Waals surface area contributed by atoms with E-state index in [0.717, 1.165) is 50.2 Å². The van der Waals surface area contributed by atoms with E-state index in [1.165, 1.54) is 17.2 Å². The second-order valence-corrected chi connectivity index (χ2v) is 9.13. The van der Waals surface area contributed by atoms with Crippen molar-refractivity contribution in [3.63, 3.8) is 0 Å². The van der Waals surface area contributed by atoms with Crippen molar-refractivity contribution in [1.82, 2.24) is 15.2 Å². The van der Waals surface area contributed by atoms with Gasteiger partial charge >= 0.3 is 0 Å². The minimum absolute atomic E-state index is 0.0813. The predicted molar refractivity (Wildman–Crippen MR) is 126 cm³/mol. The minimum Gasteiger partial charge on any atom is -0.396 e. The van der Waals surface area contributed by atoms with Crippen molar-refractivity contribution in [3.05, 3.63) is 76.1 Å². The molecule has 3 aliphatic heterocycles. The van der Waals surface area contributed by atoms with Gasteiger partial charge in [0.1, 0.15) is 12.3 Å². The molecule has 1 N–H and O–H groups in total. The summed E-state index contributed by atoms with van der Waals surface area (Å²) in [6.45, 7) is 5.83. The van der Waals surface area contributed by atoms with Crippen LogP contribution in [0.15, 0.2) is 52.8 Å². The molecule has 1 fully saturated rings. The van der Waals surface area contributed by atoms with Crippen LogP contribution >= 0.6 is 0 Å². The molecule has 0 atom stereocenters. The lowest BCUT2D eigenvalue weighted by atomic mass is 9.80. The molecule has 1 aromatic heterocycles. The van der Waals surface area contributed by atoms with Crippen LogP contribution in [0.4, 0.5) is 8.78 Å². The number of carbonyl (C=O) groups is 1. The number of carbonyl (C=O) groups excluding carboxylic acids is 1. The van der Waals surface area contributed by atoms with E-state index in [0.29, 0.717) is 43.1 Å². The zero-order chi connectivity index (χ0) is 24.4. The highest BCUT2D eigenvalue weighted by molar-refractivity contribution is 6.11. The molecule has 3 aliphatic rings. The van der Waals surface area contributed by atoms with Gasteiger partial charge in [-0.15, -0.1) is 0 Å². The van der Waals surface area contributed by atoms with Crippen molar-refractivity contribution in [2.45, 2.75) is 38.3 Å². The first-order valence-corrected chi connectivity index (χ1v) is 11.9. The van der Waals surface area contributed by atoms with Gasteiger partial charge in [0.2, 0.25) is 5.91 Å². The number of halogens is 2. The lowest BCUT2D eigenvalue weighted by Crippen LogP contribution is -2.46. The molecule has 0 unspecified atom stereocenters. The largest absolute Gasteiger partial charge is 0.396 e. The molecule has 4 heterocycles. The quantitative estimate of drug-likeness (QED) is 0.388. The van der Waals surface area contributed by atoms with Crippen molar-refractivity contribution >= 4 is 11.6 Å². The Morgan fingerprint density at radius 3 is 2.77 bits per heavy atom. The van der Waals surface area contributed by atoms with Gasteiger partial charge < -0.3 is 14.9 Å². The van der Waals surface area contributed by atoms with E-state index in [1.54, 1.807) is 13.1 Å². The highest BCUT2D eigenvalue weighted by atomic mass is 19.2. The summed E-state index contributed by atoms with van der Waals surface area (Å²) < 4.78 is 33.4. The number of benzene rings is 1. The van der Waals surface area contributed by atoms with Gasteiger partial charge in [0, 0.05) is 37.9 Å². The van der Waals surface area contributed by atoms with Crippen molar-refractivity contribution in [3.8, 4) is 0 Å². The SMILES string of the molecule is CCON=C(c1ccc(F)c(F)c1)c1ccc(CN2CCC3(CC2)OCC2=C3CC(=O)NC2)cn1. The van der Waals surface area contributed by atoms with Crippen LogP contribution in [0.5, 0.6) is 0 Å². The van der Waals surface area contributed by atoms with E-state index in [-0.39, 0.29) is 11.5 Å². The third-order valence-electron chi connectivity index (χ3n) is 6.95. The molecule has 0 bridgehead atoms. The standard InChI is InChI=1S/C26H28F2N4O3/c1-2-35-31-25(18-4-5-21(27)22(28)11-18)23-6-3-17(13-29-23)15-32-9-7-26(8-10-32)20-12-24(33)30-14-19(20)16-34-26/h3-6,11,13H,2,7-10,12,14-16H2,1H3,(H,30,33). The van der Waals surface area contributed by atoms with Crippen LogP contribution in [0.25, 0.3) is 0 Å². The van der Waals surface area contributed by atoms with Crippen LogP contribution in [-0.4, -0.2) is 60.0 Å². The molecule has 1 saturated heterocycles. The highest BCUT2D eigenvalue weighted by Gasteiger charge is 2.45. The number of amides is 1. The molecule has 9 heteroatoms. The van der Waals surface area contributed by atoms with Crippen molar-refractivity contribution in [2.75, 3.05) is 32.8 Å². The number of nitrogens with zero attached hydrogens (tertiary/aromatic N) is 3. The Morgan fingerprint density at radius 2 is 2.06 bits per heavy atom. The molecule has 2 aromatic rings. The van der Waals surface area contributed by atoms with Gasteiger partial charge in [-0.25, -0.2) is 8.78 Å². The number of rotatable bonds is 6. The number of piperidine rings is 1. The number of hydrogen-bond donors (Lipinski definition) is 1. The number of pyridine rings is 1. The van der Waals surface area contributed by atoms with Crippen LogP contribution in [0.1, 0.15) is 43.0 Å². The second kappa shape index (κ2) is 9.83. The predicted octanol–water partition coefficient (Wildman–Crippen LogP) is 3.33. The smallest absolute Gasteiger partial charge is 0.224 e. The van der Waals surface area contributed by atoms with Crippen LogP contribution < -0.4 is 5.32 Å². The molecular weight excluding hydrogens is 454 g/mol. The second-order valence-electron chi connectivity index (χ2n) is 9.13. The molecule has 5 rings (SSSR count). The van der Waals surface area contributed by atoms with Gasteiger partial charge in [-0.05, 0) is 60.7 Å². The number of likely N-dealkylation sites (tertiary alicyclic amines) is 1. The molecule has 1 aromatic carbocycles. The van der Waals surface area contributed by atoms with E-state index in [4.69, 9.17) is 9.57 Å². The third-order valence-corrected chi connectivity index (χ3v) is 6.95. The van der Waals surface area contributed by atoms with E-state index < -0.39 is 11.6 Å². The van der Waals surface area contributed by atoms with Gasteiger partial charge in [-0.2, -0.15) is 0 Å². The van der Waals surface area contributed by atoms with E-state index >= 15 is 0 Å². The van der Waals surface area contributed by atoms with Gasteiger partial charge in [-0.3, -0.25) is 14.7 Å².